The second kappa shape index (κ2) is 6.75. The number of nitrogens with one attached hydrogen (secondary N) is 1. The minimum Gasteiger partial charge on any atom is -0.351 e. The number of fused-ring (bicyclic) bond motifs is 1. The fourth-order valence-corrected chi connectivity index (χ4v) is 2.20. The lowest BCUT2D eigenvalue weighted by Crippen LogP contribution is -2.38. The van der Waals surface area contributed by atoms with Gasteiger partial charge in [-0.2, -0.15) is 0 Å². The molecule has 2 rings (SSSR count). The normalized spacial score (nSPS) is 11.5. The first kappa shape index (κ1) is 16.2. The van der Waals surface area contributed by atoms with E-state index < -0.39 is 17.5 Å². The molecule has 9 heteroatoms. The van der Waals surface area contributed by atoms with Crippen molar-refractivity contribution in [3.05, 3.63) is 27.2 Å². The third kappa shape index (κ3) is 2.90. The molecule has 0 atom stereocenters. The topological polar surface area (TPSA) is 92.3 Å². The molecule has 1 N–H and O–H groups in total. The highest BCUT2D eigenvalue weighted by atomic mass is 16.7. The maximum Gasteiger partial charge on any atom is 0.332 e. The first-order valence-electron chi connectivity index (χ1n) is 7.11. The monoisotopic (exact) mass is 311 g/mol. The quantitative estimate of drug-likeness (QED) is 0.685. The molecule has 0 saturated carbocycles. The number of nitrogens with zero attached hydrogens (tertiary/aromatic N) is 4. The Labute approximate surface area is 127 Å². The molecule has 0 radical (unpaired) electrons. The average molecular weight is 311 g/mol. The van der Waals surface area contributed by atoms with E-state index in [1.165, 1.54) is 22.6 Å². The summed E-state index contributed by atoms with van der Waals surface area (Å²) in [7, 11) is 3.02. The molecular formula is C13H21N5O4. The maximum atomic E-state index is 12.1. The fourth-order valence-electron chi connectivity index (χ4n) is 2.20. The maximum absolute atomic E-state index is 12.1. The van der Waals surface area contributed by atoms with E-state index in [4.69, 9.17) is 9.47 Å². The SMILES string of the molecule is CCOC(CNn1cnc2c(=O)n(C)c(=O)n(C)c21)OCC. The predicted octanol–water partition coefficient (Wildman–Crippen LogP) is -0.624. The molecule has 2 aromatic heterocycles. The Bertz CT molecular complexity index is 754. The molecule has 2 aromatic rings. The lowest BCUT2D eigenvalue weighted by atomic mass is 10.5. The van der Waals surface area contributed by atoms with Gasteiger partial charge in [0.15, 0.2) is 17.5 Å². The summed E-state index contributed by atoms with van der Waals surface area (Å²) in [5.41, 5.74) is 2.84. The van der Waals surface area contributed by atoms with Crippen LogP contribution in [0.4, 0.5) is 0 Å². The van der Waals surface area contributed by atoms with Crippen LogP contribution in [0.2, 0.25) is 0 Å². The van der Waals surface area contributed by atoms with Crippen molar-refractivity contribution in [3.8, 4) is 0 Å². The van der Waals surface area contributed by atoms with Crippen molar-refractivity contribution in [2.75, 3.05) is 25.2 Å². The number of imidazole rings is 1. The summed E-state index contributed by atoms with van der Waals surface area (Å²) in [6.07, 6.45) is 1.04. The van der Waals surface area contributed by atoms with Crippen molar-refractivity contribution in [1.29, 1.82) is 0 Å². The minimum absolute atomic E-state index is 0.224. The summed E-state index contributed by atoms with van der Waals surface area (Å²) >= 11 is 0. The Morgan fingerprint density at radius 1 is 1.18 bits per heavy atom. The van der Waals surface area contributed by atoms with Gasteiger partial charge in [-0.3, -0.25) is 13.9 Å². The highest BCUT2D eigenvalue weighted by molar-refractivity contribution is 5.70. The van der Waals surface area contributed by atoms with Crippen LogP contribution < -0.4 is 16.7 Å². The van der Waals surface area contributed by atoms with Crippen molar-refractivity contribution in [3.63, 3.8) is 0 Å². The van der Waals surface area contributed by atoms with Gasteiger partial charge in [-0.1, -0.05) is 0 Å². The zero-order chi connectivity index (χ0) is 16.3. The molecule has 0 fully saturated rings. The van der Waals surface area contributed by atoms with E-state index in [0.29, 0.717) is 25.4 Å². The fraction of sp³-hybridized carbons (Fsp3) is 0.615. The highest BCUT2D eigenvalue weighted by Gasteiger charge is 2.15. The van der Waals surface area contributed by atoms with Gasteiger partial charge < -0.3 is 14.9 Å². The van der Waals surface area contributed by atoms with Gasteiger partial charge in [-0.05, 0) is 13.8 Å². The second-order valence-electron chi connectivity index (χ2n) is 4.70. The number of rotatable bonds is 7. The molecule has 0 aliphatic rings. The lowest BCUT2D eigenvalue weighted by molar-refractivity contribution is -0.127. The molecule has 2 heterocycles. The molecule has 0 aliphatic carbocycles. The molecule has 0 aromatic carbocycles. The standard InChI is InChI=1S/C13H21N5O4/c1-5-21-9(22-6-2)7-15-18-8-14-10-11(18)16(3)13(20)17(4)12(10)19/h8-9,15H,5-7H2,1-4H3. The summed E-state index contributed by atoms with van der Waals surface area (Å²) in [6, 6.07) is 0. The Morgan fingerprint density at radius 2 is 1.82 bits per heavy atom. The summed E-state index contributed by atoms with van der Waals surface area (Å²) < 4.78 is 14.8. The van der Waals surface area contributed by atoms with E-state index in [0.717, 1.165) is 4.57 Å². The largest absolute Gasteiger partial charge is 0.351 e. The Kier molecular flexibility index (Phi) is 4.99. The number of hydrogen-bond donors (Lipinski definition) is 1. The summed E-state index contributed by atoms with van der Waals surface area (Å²) in [5, 5.41) is 0. The number of hydrogen-bond acceptors (Lipinski definition) is 6. The third-order valence-electron chi connectivity index (χ3n) is 3.27. The first-order valence-corrected chi connectivity index (χ1v) is 7.11. The van der Waals surface area contributed by atoms with Crippen molar-refractivity contribution < 1.29 is 9.47 Å². The molecule has 0 unspecified atom stereocenters. The number of aryl methyl sites for hydroxylation is 1. The van der Waals surface area contributed by atoms with Crippen molar-refractivity contribution in [2.24, 2.45) is 14.1 Å². The van der Waals surface area contributed by atoms with E-state index in [9.17, 15) is 9.59 Å². The van der Waals surface area contributed by atoms with Gasteiger partial charge >= 0.3 is 5.69 Å². The lowest BCUT2D eigenvalue weighted by Gasteiger charge is -2.18. The Hall–Kier alpha value is -2.13. The average Bonchev–Trinajstić information content (AvgIpc) is 2.93. The zero-order valence-corrected chi connectivity index (χ0v) is 13.2. The first-order chi connectivity index (χ1) is 10.5. The third-order valence-corrected chi connectivity index (χ3v) is 3.27. The predicted molar refractivity (Wildman–Crippen MR) is 81.5 cm³/mol. The van der Waals surface area contributed by atoms with Crippen LogP contribution in [0.15, 0.2) is 15.9 Å². The van der Waals surface area contributed by atoms with Gasteiger partial charge in [0.05, 0.1) is 6.54 Å². The van der Waals surface area contributed by atoms with Crippen molar-refractivity contribution >= 4 is 11.2 Å². The molecule has 0 saturated heterocycles. The smallest absolute Gasteiger partial charge is 0.332 e. The molecule has 122 valence electrons. The minimum atomic E-state index is -0.426. The second-order valence-corrected chi connectivity index (χ2v) is 4.70. The van der Waals surface area contributed by atoms with E-state index in [1.54, 1.807) is 7.05 Å². The van der Waals surface area contributed by atoms with Crippen LogP contribution in [0.1, 0.15) is 13.8 Å². The molecule has 0 bridgehead atoms. The molecule has 0 aliphatic heterocycles. The van der Waals surface area contributed by atoms with Crippen molar-refractivity contribution in [2.45, 2.75) is 20.1 Å². The number of ether oxygens (including phenoxy) is 2. The zero-order valence-electron chi connectivity index (χ0n) is 13.2. The van der Waals surface area contributed by atoms with Gasteiger partial charge in [0.1, 0.15) is 6.33 Å². The van der Waals surface area contributed by atoms with Crippen LogP contribution in [0, 0.1) is 0 Å². The van der Waals surface area contributed by atoms with Gasteiger partial charge in [0.2, 0.25) is 0 Å². The van der Waals surface area contributed by atoms with Crippen molar-refractivity contribution in [1.82, 2.24) is 18.8 Å². The van der Waals surface area contributed by atoms with Gasteiger partial charge in [-0.25, -0.2) is 14.5 Å². The van der Waals surface area contributed by atoms with Crippen LogP contribution in [-0.2, 0) is 23.6 Å². The summed E-state index contributed by atoms with van der Waals surface area (Å²) in [6.45, 7) is 5.17. The van der Waals surface area contributed by atoms with Gasteiger partial charge in [0, 0.05) is 27.3 Å². The van der Waals surface area contributed by atoms with Crippen LogP contribution >= 0.6 is 0 Å². The summed E-state index contributed by atoms with van der Waals surface area (Å²) in [5.74, 6) is 0. The molecule has 0 spiro atoms. The van der Waals surface area contributed by atoms with Crippen LogP contribution in [0.3, 0.4) is 0 Å². The number of aromatic nitrogens is 4. The van der Waals surface area contributed by atoms with Crippen LogP contribution in [0.25, 0.3) is 11.2 Å². The highest BCUT2D eigenvalue weighted by Crippen LogP contribution is 2.04. The summed E-state index contributed by atoms with van der Waals surface area (Å²) in [4.78, 5) is 28.1. The van der Waals surface area contributed by atoms with E-state index in [-0.39, 0.29) is 5.52 Å². The molecule has 22 heavy (non-hydrogen) atoms. The van der Waals surface area contributed by atoms with Gasteiger partial charge in [-0.15, -0.1) is 0 Å². The molecule has 0 amide bonds. The Morgan fingerprint density at radius 3 is 2.41 bits per heavy atom. The van der Waals surface area contributed by atoms with E-state index in [2.05, 4.69) is 10.4 Å². The Balaban J connectivity index is 2.33. The van der Waals surface area contributed by atoms with Crippen LogP contribution in [-0.4, -0.2) is 44.8 Å². The molecular weight excluding hydrogens is 290 g/mol. The van der Waals surface area contributed by atoms with Gasteiger partial charge in [0.25, 0.3) is 5.56 Å². The van der Waals surface area contributed by atoms with E-state index >= 15 is 0 Å². The molecule has 9 nitrogen and oxygen atoms in total. The van der Waals surface area contributed by atoms with E-state index in [1.807, 2.05) is 13.8 Å². The van der Waals surface area contributed by atoms with Crippen LogP contribution in [0.5, 0.6) is 0 Å².